The van der Waals surface area contributed by atoms with Crippen LogP contribution in [0.4, 0.5) is 0 Å². The zero-order valence-corrected chi connectivity index (χ0v) is 10.0. The van der Waals surface area contributed by atoms with E-state index in [4.69, 9.17) is 16.0 Å². The van der Waals surface area contributed by atoms with Gasteiger partial charge in [0.15, 0.2) is 0 Å². The lowest BCUT2D eigenvalue weighted by Crippen LogP contribution is -2.42. The van der Waals surface area contributed by atoms with Gasteiger partial charge in [-0.1, -0.05) is 11.6 Å². The van der Waals surface area contributed by atoms with Crippen molar-refractivity contribution in [2.45, 2.75) is 20.4 Å². The molecule has 2 rings (SSSR count). The third-order valence-electron chi connectivity index (χ3n) is 2.91. The Morgan fingerprint density at radius 1 is 1.33 bits per heavy atom. The molecule has 1 N–H and O–H groups in total. The Hall–Kier alpha value is -0.510. The molecule has 15 heavy (non-hydrogen) atoms. The molecule has 1 saturated heterocycles. The lowest BCUT2D eigenvalue weighted by Gasteiger charge is -2.26. The zero-order chi connectivity index (χ0) is 10.8. The summed E-state index contributed by atoms with van der Waals surface area (Å²) in [6, 6.07) is 0. The molecule has 0 saturated carbocycles. The van der Waals surface area contributed by atoms with E-state index in [2.05, 4.69) is 10.2 Å². The number of nitrogens with zero attached hydrogens (tertiary/aromatic N) is 1. The minimum atomic E-state index is 0.778. The van der Waals surface area contributed by atoms with Crippen molar-refractivity contribution in [2.24, 2.45) is 0 Å². The zero-order valence-electron chi connectivity index (χ0n) is 9.27. The van der Waals surface area contributed by atoms with Gasteiger partial charge in [-0.05, 0) is 13.8 Å². The summed E-state index contributed by atoms with van der Waals surface area (Å²) in [5.41, 5.74) is 1.09. The summed E-state index contributed by atoms with van der Waals surface area (Å²) >= 11 is 6.09. The normalized spacial score (nSPS) is 18.3. The Labute approximate surface area is 95.4 Å². The Balaban J connectivity index is 2.06. The SMILES string of the molecule is Cc1oc(CN2CCNCC2)c(C)c1Cl. The molecule has 1 aromatic rings. The largest absolute Gasteiger partial charge is 0.463 e. The number of nitrogens with one attached hydrogen (secondary N) is 1. The van der Waals surface area contributed by atoms with Crippen LogP contribution in [0.2, 0.25) is 5.02 Å². The van der Waals surface area contributed by atoms with Crippen molar-refractivity contribution in [1.82, 2.24) is 10.2 Å². The molecule has 2 heterocycles. The van der Waals surface area contributed by atoms with Crippen LogP contribution in [0.5, 0.6) is 0 Å². The predicted molar refractivity (Wildman–Crippen MR) is 61.3 cm³/mol. The van der Waals surface area contributed by atoms with Gasteiger partial charge < -0.3 is 9.73 Å². The highest BCUT2D eigenvalue weighted by Gasteiger charge is 2.16. The molecule has 0 aliphatic carbocycles. The van der Waals surface area contributed by atoms with Gasteiger partial charge in [0.25, 0.3) is 0 Å². The second-order valence-corrected chi connectivity index (χ2v) is 4.42. The summed E-state index contributed by atoms with van der Waals surface area (Å²) < 4.78 is 5.65. The van der Waals surface area contributed by atoms with Crippen LogP contribution in [0.15, 0.2) is 4.42 Å². The van der Waals surface area contributed by atoms with E-state index in [9.17, 15) is 0 Å². The summed E-state index contributed by atoms with van der Waals surface area (Å²) in [4.78, 5) is 2.39. The molecule has 1 aromatic heterocycles. The first kappa shape index (κ1) is 11.0. The van der Waals surface area contributed by atoms with E-state index >= 15 is 0 Å². The molecule has 3 nitrogen and oxygen atoms in total. The molecule has 4 heteroatoms. The maximum Gasteiger partial charge on any atom is 0.122 e. The number of furan rings is 1. The van der Waals surface area contributed by atoms with Crippen LogP contribution < -0.4 is 5.32 Å². The number of aryl methyl sites for hydroxylation is 1. The molecule has 0 amide bonds. The molecular formula is C11H17ClN2O. The number of halogens is 1. The minimum absolute atomic E-state index is 0.778. The van der Waals surface area contributed by atoms with E-state index in [1.807, 2.05) is 13.8 Å². The summed E-state index contributed by atoms with van der Waals surface area (Å²) in [7, 11) is 0. The van der Waals surface area contributed by atoms with Crippen LogP contribution >= 0.6 is 11.6 Å². The molecule has 1 aliphatic rings. The fourth-order valence-electron chi connectivity index (χ4n) is 1.92. The Kier molecular flexibility index (Phi) is 3.34. The van der Waals surface area contributed by atoms with Crippen LogP contribution in [0.1, 0.15) is 17.1 Å². The Morgan fingerprint density at radius 2 is 2.00 bits per heavy atom. The fraction of sp³-hybridized carbons (Fsp3) is 0.636. The van der Waals surface area contributed by atoms with Crippen LogP contribution in [0, 0.1) is 13.8 Å². The third-order valence-corrected chi connectivity index (χ3v) is 3.46. The van der Waals surface area contributed by atoms with Crippen molar-refractivity contribution in [2.75, 3.05) is 26.2 Å². The monoisotopic (exact) mass is 228 g/mol. The first-order valence-corrected chi connectivity index (χ1v) is 5.73. The van der Waals surface area contributed by atoms with Gasteiger partial charge >= 0.3 is 0 Å². The van der Waals surface area contributed by atoms with Crippen molar-refractivity contribution in [3.63, 3.8) is 0 Å². The van der Waals surface area contributed by atoms with E-state index in [-0.39, 0.29) is 0 Å². The summed E-state index contributed by atoms with van der Waals surface area (Å²) in [5.74, 6) is 1.85. The first-order valence-electron chi connectivity index (χ1n) is 5.36. The van der Waals surface area contributed by atoms with E-state index in [1.54, 1.807) is 0 Å². The quantitative estimate of drug-likeness (QED) is 0.839. The molecule has 84 valence electrons. The summed E-state index contributed by atoms with van der Waals surface area (Å²) in [6.45, 7) is 9.10. The van der Waals surface area contributed by atoms with Crippen molar-refractivity contribution in [3.8, 4) is 0 Å². The highest BCUT2D eigenvalue weighted by molar-refractivity contribution is 6.32. The smallest absolute Gasteiger partial charge is 0.122 e. The molecule has 0 bridgehead atoms. The van der Waals surface area contributed by atoms with Crippen LogP contribution in [-0.4, -0.2) is 31.1 Å². The molecule has 0 spiro atoms. The van der Waals surface area contributed by atoms with E-state index < -0.39 is 0 Å². The van der Waals surface area contributed by atoms with Gasteiger partial charge in [0.05, 0.1) is 11.6 Å². The van der Waals surface area contributed by atoms with Crippen molar-refractivity contribution in [1.29, 1.82) is 0 Å². The van der Waals surface area contributed by atoms with Crippen LogP contribution in [0.3, 0.4) is 0 Å². The van der Waals surface area contributed by atoms with Gasteiger partial charge in [0.1, 0.15) is 11.5 Å². The van der Waals surface area contributed by atoms with Gasteiger partial charge in [0, 0.05) is 31.7 Å². The van der Waals surface area contributed by atoms with Crippen molar-refractivity contribution < 1.29 is 4.42 Å². The van der Waals surface area contributed by atoms with Gasteiger partial charge in [-0.3, -0.25) is 4.90 Å². The topological polar surface area (TPSA) is 28.4 Å². The van der Waals surface area contributed by atoms with E-state index in [0.717, 1.165) is 54.8 Å². The van der Waals surface area contributed by atoms with Crippen LogP contribution in [0.25, 0.3) is 0 Å². The molecule has 0 unspecified atom stereocenters. The lowest BCUT2D eigenvalue weighted by molar-refractivity contribution is 0.214. The second kappa shape index (κ2) is 4.56. The average molecular weight is 229 g/mol. The number of hydrogen-bond acceptors (Lipinski definition) is 3. The van der Waals surface area contributed by atoms with Crippen molar-refractivity contribution in [3.05, 3.63) is 22.1 Å². The van der Waals surface area contributed by atoms with E-state index in [1.165, 1.54) is 0 Å². The highest BCUT2D eigenvalue weighted by atomic mass is 35.5. The molecule has 1 fully saturated rings. The first-order chi connectivity index (χ1) is 7.18. The number of hydrogen-bond donors (Lipinski definition) is 1. The number of rotatable bonds is 2. The molecular weight excluding hydrogens is 212 g/mol. The average Bonchev–Trinajstić information content (AvgIpc) is 2.48. The van der Waals surface area contributed by atoms with Gasteiger partial charge in [-0.25, -0.2) is 0 Å². The Bertz CT molecular complexity index is 343. The maximum absolute atomic E-state index is 6.09. The van der Waals surface area contributed by atoms with Gasteiger partial charge in [0.2, 0.25) is 0 Å². The van der Waals surface area contributed by atoms with Gasteiger partial charge in [-0.15, -0.1) is 0 Å². The standard InChI is InChI=1S/C11H17ClN2O/c1-8-10(15-9(2)11(8)12)7-14-5-3-13-4-6-14/h13H,3-7H2,1-2H3. The highest BCUT2D eigenvalue weighted by Crippen LogP contribution is 2.27. The maximum atomic E-state index is 6.09. The molecule has 0 aromatic carbocycles. The lowest BCUT2D eigenvalue weighted by atomic mass is 10.2. The molecule has 0 radical (unpaired) electrons. The summed E-state index contributed by atoms with van der Waals surface area (Å²) in [6.07, 6.45) is 0. The second-order valence-electron chi connectivity index (χ2n) is 4.05. The van der Waals surface area contributed by atoms with E-state index in [0.29, 0.717) is 0 Å². The molecule has 0 atom stereocenters. The summed E-state index contributed by atoms with van der Waals surface area (Å²) in [5, 5.41) is 4.11. The number of piperazine rings is 1. The van der Waals surface area contributed by atoms with Crippen molar-refractivity contribution >= 4 is 11.6 Å². The fourth-order valence-corrected chi connectivity index (χ4v) is 2.06. The third kappa shape index (κ3) is 2.36. The minimum Gasteiger partial charge on any atom is -0.463 e. The van der Waals surface area contributed by atoms with Crippen LogP contribution in [-0.2, 0) is 6.54 Å². The molecule has 1 aliphatic heterocycles. The van der Waals surface area contributed by atoms with Gasteiger partial charge in [-0.2, -0.15) is 0 Å². The predicted octanol–water partition coefficient (Wildman–Crippen LogP) is 1.96. The Morgan fingerprint density at radius 3 is 2.53 bits per heavy atom.